The summed E-state index contributed by atoms with van der Waals surface area (Å²) in [6, 6.07) is 5.62. The molecular formula is C12H19NO2. The molecule has 1 aromatic rings. The van der Waals surface area contributed by atoms with Crippen molar-refractivity contribution in [2.24, 2.45) is 5.73 Å². The van der Waals surface area contributed by atoms with Crippen LogP contribution in [0.2, 0.25) is 0 Å². The van der Waals surface area contributed by atoms with Gasteiger partial charge in [-0.15, -0.1) is 0 Å². The van der Waals surface area contributed by atoms with E-state index >= 15 is 0 Å². The molecule has 0 aliphatic carbocycles. The maximum atomic E-state index is 5.91. The highest BCUT2D eigenvalue weighted by molar-refractivity contribution is 5.46. The predicted molar refractivity (Wildman–Crippen MR) is 61.4 cm³/mol. The van der Waals surface area contributed by atoms with Crippen LogP contribution in [0.4, 0.5) is 0 Å². The summed E-state index contributed by atoms with van der Waals surface area (Å²) in [5.41, 5.74) is 6.83. The molecule has 0 aromatic heterocycles. The van der Waals surface area contributed by atoms with Crippen LogP contribution in [0.15, 0.2) is 18.2 Å². The second-order valence-electron chi connectivity index (χ2n) is 3.83. The van der Waals surface area contributed by atoms with Crippen LogP contribution in [0.1, 0.15) is 32.4 Å². The van der Waals surface area contributed by atoms with E-state index in [2.05, 4.69) is 0 Å². The van der Waals surface area contributed by atoms with E-state index in [4.69, 9.17) is 15.2 Å². The molecule has 1 rings (SSSR count). The van der Waals surface area contributed by atoms with Crippen LogP contribution in [0, 0.1) is 0 Å². The Morgan fingerprint density at radius 3 is 2.20 bits per heavy atom. The normalized spacial score (nSPS) is 12.7. The molecule has 0 fully saturated rings. The molecule has 84 valence electrons. The Labute approximate surface area is 91.2 Å². The van der Waals surface area contributed by atoms with Gasteiger partial charge in [-0.1, -0.05) is 6.07 Å². The fourth-order valence-electron chi connectivity index (χ4n) is 1.51. The molecule has 2 N–H and O–H groups in total. The first-order valence-corrected chi connectivity index (χ1v) is 5.15. The van der Waals surface area contributed by atoms with Crippen LogP contribution < -0.4 is 15.2 Å². The molecule has 0 aliphatic rings. The largest absolute Gasteiger partial charge is 0.496 e. The van der Waals surface area contributed by atoms with Crippen LogP contribution in [0.3, 0.4) is 0 Å². The zero-order chi connectivity index (χ0) is 11.4. The molecule has 15 heavy (non-hydrogen) atoms. The second kappa shape index (κ2) is 5.03. The van der Waals surface area contributed by atoms with Crippen molar-refractivity contribution in [3.8, 4) is 11.5 Å². The van der Waals surface area contributed by atoms with Gasteiger partial charge in [-0.2, -0.15) is 0 Å². The van der Waals surface area contributed by atoms with Gasteiger partial charge >= 0.3 is 0 Å². The van der Waals surface area contributed by atoms with Crippen molar-refractivity contribution >= 4 is 0 Å². The van der Waals surface area contributed by atoms with Crippen molar-refractivity contribution in [2.75, 3.05) is 7.11 Å². The summed E-state index contributed by atoms with van der Waals surface area (Å²) in [7, 11) is 1.64. The average Bonchev–Trinajstić information content (AvgIpc) is 2.15. The van der Waals surface area contributed by atoms with Gasteiger partial charge in [-0.25, -0.2) is 0 Å². The van der Waals surface area contributed by atoms with Gasteiger partial charge in [0.2, 0.25) is 0 Å². The number of hydrogen-bond donors (Lipinski definition) is 1. The van der Waals surface area contributed by atoms with Crippen molar-refractivity contribution < 1.29 is 9.47 Å². The Balaban J connectivity index is 3.13. The minimum Gasteiger partial charge on any atom is -0.496 e. The molecule has 3 heteroatoms. The zero-order valence-corrected chi connectivity index (χ0v) is 9.78. The van der Waals surface area contributed by atoms with Crippen LogP contribution in [-0.4, -0.2) is 13.2 Å². The van der Waals surface area contributed by atoms with Crippen molar-refractivity contribution in [1.82, 2.24) is 0 Å². The van der Waals surface area contributed by atoms with E-state index in [-0.39, 0.29) is 12.1 Å². The number of nitrogens with two attached hydrogens (primary N) is 1. The minimum atomic E-state index is -0.102. The van der Waals surface area contributed by atoms with Gasteiger partial charge in [0.25, 0.3) is 0 Å². The third-order valence-corrected chi connectivity index (χ3v) is 2.06. The number of ether oxygens (including phenoxy) is 2. The Bertz CT molecular complexity index is 321. The molecular weight excluding hydrogens is 190 g/mol. The molecule has 0 heterocycles. The number of rotatable bonds is 4. The highest BCUT2D eigenvalue weighted by Gasteiger charge is 2.14. The van der Waals surface area contributed by atoms with E-state index < -0.39 is 0 Å². The Morgan fingerprint density at radius 2 is 1.73 bits per heavy atom. The zero-order valence-electron chi connectivity index (χ0n) is 9.78. The maximum absolute atomic E-state index is 5.91. The first-order chi connectivity index (χ1) is 7.06. The molecule has 0 spiro atoms. The van der Waals surface area contributed by atoms with Gasteiger partial charge in [-0.3, -0.25) is 0 Å². The van der Waals surface area contributed by atoms with Gasteiger partial charge in [0, 0.05) is 6.04 Å². The van der Waals surface area contributed by atoms with Crippen LogP contribution in [-0.2, 0) is 0 Å². The fourth-order valence-corrected chi connectivity index (χ4v) is 1.51. The third-order valence-electron chi connectivity index (χ3n) is 2.06. The summed E-state index contributed by atoms with van der Waals surface area (Å²) < 4.78 is 11.0. The highest BCUT2D eigenvalue weighted by atomic mass is 16.5. The molecule has 3 nitrogen and oxygen atoms in total. The van der Waals surface area contributed by atoms with Gasteiger partial charge < -0.3 is 15.2 Å². The van der Waals surface area contributed by atoms with Crippen LogP contribution in [0.5, 0.6) is 11.5 Å². The predicted octanol–water partition coefficient (Wildman–Crippen LogP) is 2.50. The first kappa shape index (κ1) is 11.9. The Kier molecular flexibility index (Phi) is 3.97. The third kappa shape index (κ3) is 2.86. The van der Waals surface area contributed by atoms with E-state index in [1.807, 2.05) is 39.0 Å². The molecule has 0 saturated heterocycles. The SMILES string of the molecule is COc1cccc(OC(C)C)c1[C@H](C)N. The van der Waals surface area contributed by atoms with Gasteiger partial charge in [-0.05, 0) is 32.9 Å². The van der Waals surface area contributed by atoms with Crippen LogP contribution >= 0.6 is 0 Å². The summed E-state index contributed by atoms with van der Waals surface area (Å²) in [5, 5.41) is 0. The first-order valence-electron chi connectivity index (χ1n) is 5.15. The molecule has 1 atom stereocenters. The average molecular weight is 209 g/mol. The van der Waals surface area contributed by atoms with Crippen molar-refractivity contribution in [3.63, 3.8) is 0 Å². The summed E-state index contributed by atoms with van der Waals surface area (Å²) in [5.74, 6) is 1.59. The smallest absolute Gasteiger partial charge is 0.128 e. The molecule has 0 saturated carbocycles. The van der Waals surface area contributed by atoms with E-state index in [1.54, 1.807) is 7.11 Å². The lowest BCUT2D eigenvalue weighted by molar-refractivity contribution is 0.237. The van der Waals surface area contributed by atoms with Gasteiger partial charge in [0.15, 0.2) is 0 Å². The second-order valence-corrected chi connectivity index (χ2v) is 3.83. The lowest BCUT2D eigenvalue weighted by atomic mass is 10.1. The Morgan fingerprint density at radius 1 is 1.13 bits per heavy atom. The summed E-state index contributed by atoms with van der Waals surface area (Å²) >= 11 is 0. The summed E-state index contributed by atoms with van der Waals surface area (Å²) in [6.45, 7) is 5.90. The van der Waals surface area contributed by atoms with Crippen molar-refractivity contribution in [3.05, 3.63) is 23.8 Å². The molecule has 0 unspecified atom stereocenters. The number of methoxy groups -OCH3 is 1. The molecule has 0 amide bonds. The monoisotopic (exact) mass is 209 g/mol. The van der Waals surface area contributed by atoms with E-state index in [0.717, 1.165) is 17.1 Å². The number of benzene rings is 1. The Hall–Kier alpha value is -1.22. The van der Waals surface area contributed by atoms with Crippen molar-refractivity contribution in [1.29, 1.82) is 0 Å². The standard InChI is InChI=1S/C12H19NO2/c1-8(2)15-11-7-5-6-10(14-4)12(11)9(3)13/h5-9H,13H2,1-4H3/t9-/m0/s1. The van der Waals surface area contributed by atoms with E-state index in [9.17, 15) is 0 Å². The van der Waals surface area contributed by atoms with E-state index in [1.165, 1.54) is 0 Å². The van der Waals surface area contributed by atoms with Gasteiger partial charge in [0.05, 0.1) is 18.8 Å². The lowest BCUT2D eigenvalue weighted by Crippen LogP contribution is -2.13. The maximum Gasteiger partial charge on any atom is 0.128 e. The quantitative estimate of drug-likeness (QED) is 0.828. The van der Waals surface area contributed by atoms with Crippen molar-refractivity contribution in [2.45, 2.75) is 32.9 Å². The summed E-state index contributed by atoms with van der Waals surface area (Å²) in [4.78, 5) is 0. The molecule has 0 aliphatic heterocycles. The summed E-state index contributed by atoms with van der Waals surface area (Å²) in [6.07, 6.45) is 0.134. The van der Waals surface area contributed by atoms with Gasteiger partial charge in [0.1, 0.15) is 11.5 Å². The fraction of sp³-hybridized carbons (Fsp3) is 0.500. The van der Waals surface area contributed by atoms with Crippen LogP contribution in [0.25, 0.3) is 0 Å². The molecule has 0 radical (unpaired) electrons. The molecule has 1 aromatic carbocycles. The van der Waals surface area contributed by atoms with E-state index in [0.29, 0.717) is 0 Å². The highest BCUT2D eigenvalue weighted by Crippen LogP contribution is 2.33. The number of hydrogen-bond acceptors (Lipinski definition) is 3. The topological polar surface area (TPSA) is 44.5 Å². The lowest BCUT2D eigenvalue weighted by Gasteiger charge is -2.18. The minimum absolute atomic E-state index is 0.102. The molecule has 0 bridgehead atoms.